The number of hydrogen-bond acceptors (Lipinski definition) is 28. The monoisotopic (exact) mass is 1510 g/mol. The zero-order valence-electron chi connectivity index (χ0n) is 68.8. The van der Waals surface area contributed by atoms with Gasteiger partial charge in [-0.15, -0.1) is 0 Å². The molecule has 2 heterocycles. The van der Waals surface area contributed by atoms with E-state index in [0.717, 1.165) is 175 Å². The molecule has 0 aliphatic carbocycles. The van der Waals surface area contributed by atoms with Crippen molar-refractivity contribution in [2.75, 3.05) is 210 Å². The van der Waals surface area contributed by atoms with Crippen LogP contribution < -0.4 is 112 Å². The topological polar surface area (TPSA) is 516 Å². The van der Waals surface area contributed by atoms with Crippen molar-refractivity contribution >= 4 is 0 Å². The van der Waals surface area contributed by atoms with Gasteiger partial charge in [0.05, 0.1) is 31.1 Å². The Morgan fingerprint density at radius 2 is 0.781 bits per heavy atom. The summed E-state index contributed by atoms with van der Waals surface area (Å²) >= 11 is 0. The van der Waals surface area contributed by atoms with Crippen molar-refractivity contribution in [3.8, 4) is 0 Å². The first-order valence-corrected chi connectivity index (χ1v) is 40.9. The molecule has 0 amide bonds. The van der Waals surface area contributed by atoms with Crippen molar-refractivity contribution in [1.29, 1.82) is 0 Å². The van der Waals surface area contributed by atoms with Gasteiger partial charge < -0.3 is 147 Å². The van der Waals surface area contributed by atoms with Crippen LogP contribution in [0.1, 0.15) is 188 Å². The van der Waals surface area contributed by atoms with Crippen LogP contribution >= 0.6 is 0 Å². The van der Waals surface area contributed by atoms with Crippen molar-refractivity contribution in [3.63, 3.8) is 0 Å². The van der Waals surface area contributed by atoms with Crippen molar-refractivity contribution in [2.45, 2.75) is 219 Å². The van der Waals surface area contributed by atoms with Crippen LogP contribution in [0.2, 0.25) is 0 Å². The third-order valence-corrected chi connectivity index (χ3v) is 16.2. The van der Waals surface area contributed by atoms with Crippen LogP contribution in [0.3, 0.4) is 0 Å². The average Bonchev–Trinajstić information content (AvgIpc) is 1.07. The lowest BCUT2D eigenvalue weighted by molar-refractivity contribution is 0.0875. The number of aliphatic hydroxyl groups is 4. The molecule has 0 spiro atoms. The first-order valence-electron chi connectivity index (χ1n) is 40.9. The zero-order valence-corrected chi connectivity index (χ0v) is 68.8. The van der Waals surface area contributed by atoms with Crippen LogP contribution in [0.5, 0.6) is 0 Å². The Hall–Kier alpha value is -3.22. The Morgan fingerprint density at radius 1 is 0.390 bits per heavy atom. The maximum absolute atomic E-state index is 9.57. The standard InChI is InChI=1S/C12H25N3O2.C11H27N3.C9H19NO.2C7H19N3.C7H16N2.C7H14N2.C6H18N4.C6H14N2O.C5H13N/c1-4-11(16)8-14(5-2)10-15(6-3)9-12(17)7-13;12-8-5-3-1-2-4-6-10-14-11-7-9-13;1-4-7-10(6-3)8-9(11)5-2;8-4-1-2-6-10-7-3-5-9;8-4-2-1-3-6-10-7-5-9;8-4-1-7-2-5-9-6-3-7;1-2-9-7-3-5-8-6-4-7;7-1-4-10(5-2-8)6-3-9;1-2-8-5-6(9)3-4-7;1-2-3-4-5-6/h5-6,11-12,16-17H,2-4,7-10,13H2,1H3;14H,1-13H2;6,9,11H,3-5,7-8H2,1-2H3;2*10H,1-9H2;7,9H,1-6,8H2;2,7-9H,1,3-6H2;1-9H2;2,6,8-9H,1,3-5,7H2;2-6H2,1H3. The third-order valence-electron chi connectivity index (χ3n) is 16.2. The molecule has 2 aliphatic rings. The van der Waals surface area contributed by atoms with Gasteiger partial charge in [0.1, 0.15) is 0 Å². The predicted molar refractivity (Wildman–Crippen MR) is 460 cm³/mol. The van der Waals surface area contributed by atoms with Crippen LogP contribution in [-0.2, 0) is 0 Å². The molecule has 105 heavy (non-hydrogen) atoms. The molecule has 4 atom stereocenters. The van der Waals surface area contributed by atoms with Gasteiger partial charge in [-0.25, -0.2) is 0 Å². The molecular formula is C77H184N24O4. The Kier molecular flexibility index (Phi) is 122. The highest BCUT2D eigenvalue weighted by Gasteiger charge is 2.13. The number of nitrogens with two attached hydrogens (primary N) is 13. The minimum Gasteiger partial charge on any atom is -0.391 e. The van der Waals surface area contributed by atoms with Gasteiger partial charge in [-0.05, 0) is 264 Å². The summed E-state index contributed by atoms with van der Waals surface area (Å²) < 4.78 is 0. The van der Waals surface area contributed by atoms with Gasteiger partial charge in [0.15, 0.2) is 0 Å². The predicted octanol–water partition coefficient (Wildman–Crippen LogP) is 1.63. The summed E-state index contributed by atoms with van der Waals surface area (Å²) in [6.45, 7) is 53.1. The highest BCUT2D eigenvalue weighted by molar-refractivity contribution is 4.81. The van der Waals surface area contributed by atoms with Crippen molar-refractivity contribution in [3.05, 3.63) is 63.9 Å². The number of unbranched alkanes of at least 4 members (excludes halogenated alkanes) is 10. The second-order valence-corrected chi connectivity index (χ2v) is 26.0. The summed E-state index contributed by atoms with van der Waals surface area (Å²) in [6.07, 6.45) is 36.2. The third kappa shape index (κ3) is 112. The Bertz CT molecular complexity index is 1470. The maximum Gasteiger partial charge on any atom is 0.0894 e. The van der Waals surface area contributed by atoms with E-state index >= 15 is 0 Å². The quantitative estimate of drug-likeness (QED) is 0.0304. The normalized spacial score (nSPS) is 13.3. The summed E-state index contributed by atoms with van der Waals surface area (Å²) in [5.41, 5.74) is 69.3. The number of nitrogens with zero attached hydrogens (tertiary/aromatic N) is 4. The van der Waals surface area contributed by atoms with E-state index in [1.54, 1.807) is 31.0 Å². The molecule has 0 aromatic heterocycles. The molecule has 28 nitrogen and oxygen atoms in total. The summed E-state index contributed by atoms with van der Waals surface area (Å²) in [7, 11) is 0. The molecule has 2 rings (SSSR count). The molecule has 37 N–H and O–H groups in total. The van der Waals surface area contributed by atoms with E-state index in [4.69, 9.17) is 79.6 Å². The van der Waals surface area contributed by atoms with Crippen LogP contribution in [0, 0.1) is 5.92 Å². The molecular weight excluding hydrogens is 1330 g/mol. The molecule has 0 saturated carbocycles. The van der Waals surface area contributed by atoms with E-state index in [1.807, 2.05) is 28.5 Å². The van der Waals surface area contributed by atoms with Crippen LogP contribution in [0.15, 0.2) is 63.9 Å². The largest absolute Gasteiger partial charge is 0.391 e. The molecule has 0 radical (unpaired) electrons. The smallest absolute Gasteiger partial charge is 0.0894 e. The first-order chi connectivity index (χ1) is 51.0. The van der Waals surface area contributed by atoms with Crippen molar-refractivity contribution in [2.24, 2.45) is 80.5 Å². The molecule has 0 aromatic carbocycles. The minimum atomic E-state index is -0.573. The first kappa shape index (κ1) is 118. The second-order valence-electron chi connectivity index (χ2n) is 26.0. The van der Waals surface area contributed by atoms with Crippen molar-refractivity contribution in [1.82, 2.24) is 56.8 Å². The molecule has 2 fully saturated rings. The van der Waals surface area contributed by atoms with Gasteiger partial charge in [-0.2, -0.15) is 0 Å². The minimum absolute atomic E-state index is 0.209. The molecule has 0 bridgehead atoms. The summed E-state index contributed by atoms with van der Waals surface area (Å²) in [5.74, 6) is 0.913. The number of nitrogens with one attached hydrogen (secondary N) is 7. The van der Waals surface area contributed by atoms with Gasteiger partial charge in [-0.1, -0.05) is 106 Å². The van der Waals surface area contributed by atoms with Crippen LogP contribution in [0.4, 0.5) is 0 Å². The molecule has 2 saturated heterocycles. The molecule has 4 unspecified atom stereocenters. The van der Waals surface area contributed by atoms with Crippen LogP contribution in [0.25, 0.3) is 0 Å². The summed E-state index contributed by atoms with van der Waals surface area (Å²) in [5, 5.41) is 59.9. The van der Waals surface area contributed by atoms with E-state index in [0.29, 0.717) is 77.9 Å². The summed E-state index contributed by atoms with van der Waals surface area (Å²) in [4.78, 5) is 7.93. The molecule has 2 aliphatic heterocycles. The highest BCUT2D eigenvalue weighted by atomic mass is 16.3. The van der Waals surface area contributed by atoms with Gasteiger partial charge >= 0.3 is 0 Å². The second kappa shape index (κ2) is 109. The fourth-order valence-electron chi connectivity index (χ4n) is 9.65. The lowest BCUT2D eigenvalue weighted by Crippen LogP contribution is -2.40. The number of rotatable bonds is 59. The number of aliphatic hydroxyl groups excluding tert-OH is 4. The number of piperidine rings is 2. The fourth-order valence-corrected chi connectivity index (χ4v) is 9.65. The van der Waals surface area contributed by atoms with Crippen molar-refractivity contribution < 1.29 is 20.4 Å². The zero-order chi connectivity index (χ0) is 80.6. The van der Waals surface area contributed by atoms with Gasteiger partial charge in [0, 0.05) is 97.7 Å². The van der Waals surface area contributed by atoms with E-state index < -0.39 is 6.10 Å². The maximum atomic E-state index is 9.57. The van der Waals surface area contributed by atoms with E-state index in [-0.39, 0.29) is 24.9 Å². The van der Waals surface area contributed by atoms with E-state index in [2.05, 4.69) is 88.9 Å². The molecule has 0 aromatic rings. The number of hydrogen-bond donors (Lipinski definition) is 24. The lowest BCUT2D eigenvalue weighted by Gasteiger charge is -2.30. The Balaban J connectivity index is -0.000000168. The lowest BCUT2D eigenvalue weighted by atomic mass is 9.95. The SMILES string of the molecule is C=CN(CC(O)CC)CN(C=C)CC(O)CN.C=CN(CCC)CC(O)CC.C=CNC1CCNCC1.C=CNCC(O)CCN.CCCCCN.NCCC1CCNCC1.NCCCCCCCCNCCCN.NCCCCCNCCN.NCCCCNCCCN.NCCN(CCN)CCN. The van der Waals surface area contributed by atoms with Gasteiger partial charge in [0.2, 0.25) is 0 Å². The average molecular weight is 1510 g/mol. The molecule has 636 valence electrons. The van der Waals surface area contributed by atoms with Gasteiger partial charge in [-0.3, -0.25) is 4.90 Å². The Labute approximate surface area is 647 Å². The molecule has 28 heteroatoms. The summed E-state index contributed by atoms with van der Waals surface area (Å²) in [6, 6.07) is 0.670. The highest BCUT2D eigenvalue weighted by Crippen LogP contribution is 2.14. The fraction of sp³-hybridized carbons (Fsp3) is 0.870. The van der Waals surface area contributed by atoms with Gasteiger partial charge in [0.25, 0.3) is 0 Å². The Morgan fingerprint density at radius 3 is 1.15 bits per heavy atom. The van der Waals surface area contributed by atoms with Crippen LogP contribution in [-0.4, -0.2) is 280 Å². The van der Waals surface area contributed by atoms with E-state index in [9.17, 15) is 15.3 Å². The van der Waals surface area contributed by atoms with E-state index in [1.165, 1.54) is 122 Å².